The van der Waals surface area contributed by atoms with E-state index < -0.39 is 0 Å². The van der Waals surface area contributed by atoms with Crippen LogP contribution >= 0.6 is 0 Å². The summed E-state index contributed by atoms with van der Waals surface area (Å²) in [7, 11) is 0. The number of carbonyl (C=O) groups is 1. The van der Waals surface area contributed by atoms with Crippen LogP contribution in [0.2, 0.25) is 0 Å². The zero-order chi connectivity index (χ0) is 12.8. The van der Waals surface area contributed by atoms with Gasteiger partial charge >= 0.3 is 0 Å². The van der Waals surface area contributed by atoms with E-state index in [-0.39, 0.29) is 5.91 Å². The van der Waals surface area contributed by atoms with Gasteiger partial charge in [-0.1, -0.05) is 30.3 Å². The van der Waals surface area contributed by atoms with E-state index in [1.807, 2.05) is 0 Å². The number of rotatable bonds is 7. The molecule has 0 radical (unpaired) electrons. The summed E-state index contributed by atoms with van der Waals surface area (Å²) < 4.78 is 0. The Morgan fingerprint density at radius 3 is 2.61 bits per heavy atom. The lowest BCUT2D eigenvalue weighted by atomic mass is 9.76. The average Bonchev–Trinajstić information content (AvgIpc) is 2.32. The van der Waals surface area contributed by atoms with Crippen molar-refractivity contribution >= 4 is 5.91 Å². The SMILES string of the molecule is NC(=O)CCCCNC1CC(c2ccccc2)C1. The maximum atomic E-state index is 10.6. The molecule has 1 aliphatic carbocycles. The molecule has 0 aliphatic heterocycles. The fourth-order valence-electron chi connectivity index (χ4n) is 2.51. The highest BCUT2D eigenvalue weighted by Gasteiger charge is 2.29. The summed E-state index contributed by atoms with van der Waals surface area (Å²) in [5.41, 5.74) is 6.56. The number of nitrogens with two attached hydrogens (primary N) is 1. The van der Waals surface area contributed by atoms with Crippen LogP contribution in [0.5, 0.6) is 0 Å². The molecule has 1 amide bonds. The Morgan fingerprint density at radius 1 is 1.22 bits per heavy atom. The molecule has 1 aromatic carbocycles. The predicted molar refractivity (Wildman–Crippen MR) is 73.3 cm³/mol. The molecule has 3 nitrogen and oxygen atoms in total. The first-order chi connectivity index (χ1) is 8.75. The third-order valence-electron chi connectivity index (χ3n) is 3.69. The Labute approximate surface area is 109 Å². The van der Waals surface area contributed by atoms with Crippen LogP contribution in [-0.4, -0.2) is 18.5 Å². The molecule has 1 fully saturated rings. The van der Waals surface area contributed by atoms with Crippen molar-refractivity contribution in [2.75, 3.05) is 6.54 Å². The number of hydrogen-bond acceptors (Lipinski definition) is 2. The van der Waals surface area contributed by atoms with Crippen molar-refractivity contribution in [2.45, 2.75) is 44.1 Å². The first-order valence-electron chi connectivity index (χ1n) is 6.82. The van der Waals surface area contributed by atoms with Crippen molar-refractivity contribution in [3.63, 3.8) is 0 Å². The summed E-state index contributed by atoms with van der Waals surface area (Å²) in [6.45, 7) is 0.999. The van der Waals surface area contributed by atoms with E-state index in [0.29, 0.717) is 12.5 Å². The normalized spacial score (nSPS) is 22.4. The highest BCUT2D eigenvalue weighted by atomic mass is 16.1. The molecule has 98 valence electrons. The molecule has 0 heterocycles. The third-order valence-corrected chi connectivity index (χ3v) is 3.69. The Hall–Kier alpha value is -1.35. The highest BCUT2D eigenvalue weighted by molar-refractivity contribution is 5.73. The molecular weight excluding hydrogens is 224 g/mol. The lowest BCUT2D eigenvalue weighted by Gasteiger charge is -2.36. The average molecular weight is 246 g/mol. The first kappa shape index (κ1) is 13.1. The first-order valence-corrected chi connectivity index (χ1v) is 6.82. The van der Waals surface area contributed by atoms with Crippen LogP contribution < -0.4 is 11.1 Å². The van der Waals surface area contributed by atoms with Gasteiger partial charge in [0, 0.05) is 12.5 Å². The molecule has 3 heteroatoms. The summed E-state index contributed by atoms with van der Waals surface area (Å²) in [6.07, 6.45) is 4.92. The van der Waals surface area contributed by atoms with E-state index in [9.17, 15) is 4.79 Å². The predicted octanol–water partition coefficient (Wildman–Crippen LogP) is 2.18. The third kappa shape index (κ3) is 3.84. The van der Waals surface area contributed by atoms with Gasteiger partial charge in [0.1, 0.15) is 0 Å². The number of hydrogen-bond donors (Lipinski definition) is 2. The summed E-state index contributed by atoms with van der Waals surface area (Å²) in [5.74, 6) is 0.539. The second-order valence-electron chi connectivity index (χ2n) is 5.15. The van der Waals surface area contributed by atoms with Crippen LogP contribution in [-0.2, 0) is 4.79 Å². The van der Waals surface area contributed by atoms with Gasteiger partial charge in [0.2, 0.25) is 5.91 Å². The minimum atomic E-state index is -0.192. The van der Waals surface area contributed by atoms with Crippen LogP contribution in [0.4, 0.5) is 0 Å². The van der Waals surface area contributed by atoms with Gasteiger partial charge < -0.3 is 11.1 Å². The van der Waals surface area contributed by atoms with Gasteiger partial charge in [0.25, 0.3) is 0 Å². The van der Waals surface area contributed by atoms with Crippen LogP contribution in [0.1, 0.15) is 43.6 Å². The number of carbonyl (C=O) groups excluding carboxylic acids is 1. The molecule has 3 N–H and O–H groups in total. The summed E-state index contributed by atoms with van der Waals surface area (Å²) >= 11 is 0. The van der Waals surface area contributed by atoms with Crippen molar-refractivity contribution in [2.24, 2.45) is 5.73 Å². The minimum Gasteiger partial charge on any atom is -0.370 e. The minimum absolute atomic E-state index is 0.192. The quantitative estimate of drug-likeness (QED) is 0.724. The largest absolute Gasteiger partial charge is 0.370 e. The van der Waals surface area contributed by atoms with E-state index >= 15 is 0 Å². The molecule has 0 unspecified atom stereocenters. The molecule has 0 aromatic heterocycles. The number of benzene rings is 1. The fraction of sp³-hybridized carbons (Fsp3) is 0.533. The van der Waals surface area contributed by atoms with Crippen molar-refractivity contribution in [3.05, 3.63) is 35.9 Å². The standard InChI is InChI=1S/C15H22N2O/c16-15(18)8-4-5-9-17-14-10-13(11-14)12-6-2-1-3-7-12/h1-3,6-7,13-14,17H,4-5,8-11H2,(H2,16,18). The van der Waals surface area contributed by atoms with Gasteiger partial charge in [-0.25, -0.2) is 0 Å². The monoisotopic (exact) mass is 246 g/mol. The molecule has 18 heavy (non-hydrogen) atoms. The Kier molecular flexibility index (Phi) is 4.76. The zero-order valence-corrected chi connectivity index (χ0v) is 10.8. The molecule has 0 bridgehead atoms. The van der Waals surface area contributed by atoms with Gasteiger partial charge in [-0.2, -0.15) is 0 Å². The smallest absolute Gasteiger partial charge is 0.217 e. The number of unbranched alkanes of at least 4 members (excludes halogenated alkanes) is 1. The van der Waals surface area contributed by atoms with Gasteiger partial charge in [-0.05, 0) is 43.7 Å². The zero-order valence-electron chi connectivity index (χ0n) is 10.8. The van der Waals surface area contributed by atoms with Crippen molar-refractivity contribution in [1.29, 1.82) is 0 Å². The number of primary amides is 1. The van der Waals surface area contributed by atoms with Gasteiger partial charge in [0.05, 0.1) is 0 Å². The van der Waals surface area contributed by atoms with Crippen LogP contribution in [0, 0.1) is 0 Å². The molecule has 2 rings (SSSR count). The molecule has 0 atom stereocenters. The second kappa shape index (κ2) is 6.55. The Bertz CT molecular complexity index is 371. The molecule has 0 spiro atoms. The second-order valence-corrected chi connectivity index (χ2v) is 5.15. The van der Waals surface area contributed by atoms with E-state index in [4.69, 9.17) is 5.73 Å². The summed E-state index contributed by atoms with van der Waals surface area (Å²) in [6, 6.07) is 11.4. The molecule has 1 saturated carbocycles. The van der Waals surface area contributed by atoms with Crippen molar-refractivity contribution in [3.8, 4) is 0 Å². The Morgan fingerprint density at radius 2 is 1.94 bits per heavy atom. The van der Waals surface area contributed by atoms with Crippen LogP contribution in [0.3, 0.4) is 0 Å². The van der Waals surface area contributed by atoms with E-state index in [0.717, 1.165) is 25.3 Å². The lowest BCUT2D eigenvalue weighted by molar-refractivity contribution is -0.118. The van der Waals surface area contributed by atoms with Crippen molar-refractivity contribution in [1.82, 2.24) is 5.32 Å². The highest BCUT2D eigenvalue weighted by Crippen LogP contribution is 2.36. The molecular formula is C15H22N2O. The van der Waals surface area contributed by atoms with Crippen LogP contribution in [0.25, 0.3) is 0 Å². The molecule has 1 aromatic rings. The summed E-state index contributed by atoms with van der Waals surface area (Å²) in [4.78, 5) is 10.6. The fourth-order valence-corrected chi connectivity index (χ4v) is 2.51. The van der Waals surface area contributed by atoms with Gasteiger partial charge in [-0.15, -0.1) is 0 Å². The van der Waals surface area contributed by atoms with E-state index in [1.165, 1.54) is 18.4 Å². The van der Waals surface area contributed by atoms with E-state index in [2.05, 4.69) is 35.6 Å². The summed E-state index contributed by atoms with van der Waals surface area (Å²) in [5, 5.41) is 3.54. The lowest BCUT2D eigenvalue weighted by Crippen LogP contribution is -2.40. The van der Waals surface area contributed by atoms with Crippen molar-refractivity contribution < 1.29 is 4.79 Å². The van der Waals surface area contributed by atoms with Gasteiger partial charge in [0.15, 0.2) is 0 Å². The van der Waals surface area contributed by atoms with Gasteiger partial charge in [-0.3, -0.25) is 4.79 Å². The maximum absolute atomic E-state index is 10.6. The number of nitrogens with one attached hydrogen (secondary N) is 1. The van der Waals surface area contributed by atoms with Crippen LogP contribution in [0.15, 0.2) is 30.3 Å². The molecule has 0 saturated heterocycles. The number of amides is 1. The molecule has 1 aliphatic rings. The van der Waals surface area contributed by atoms with E-state index in [1.54, 1.807) is 0 Å². The topological polar surface area (TPSA) is 55.1 Å². The Balaban J connectivity index is 1.55. The maximum Gasteiger partial charge on any atom is 0.217 e.